The van der Waals surface area contributed by atoms with Gasteiger partial charge in [-0.25, -0.2) is 8.42 Å². The third kappa shape index (κ3) is 2.95. The molecule has 27 heavy (non-hydrogen) atoms. The molecule has 1 N–H and O–H groups in total. The van der Waals surface area contributed by atoms with Gasteiger partial charge in [0.15, 0.2) is 9.84 Å². The van der Waals surface area contributed by atoms with Crippen molar-refractivity contribution in [1.82, 2.24) is 15.2 Å². The van der Waals surface area contributed by atoms with E-state index in [-0.39, 0.29) is 17.2 Å². The first kappa shape index (κ1) is 18.1. The lowest BCUT2D eigenvalue weighted by atomic mass is 9.95. The van der Waals surface area contributed by atoms with Crippen LogP contribution in [0.3, 0.4) is 0 Å². The first-order valence-corrected chi connectivity index (χ1v) is 10.6. The van der Waals surface area contributed by atoms with Crippen LogP contribution >= 0.6 is 0 Å². The molecule has 2 aromatic rings. The zero-order valence-corrected chi connectivity index (χ0v) is 16.2. The summed E-state index contributed by atoms with van der Waals surface area (Å²) in [4.78, 5) is 19.2. The van der Waals surface area contributed by atoms with Crippen LogP contribution in [0.15, 0.2) is 53.6 Å². The maximum atomic E-state index is 13.4. The molecule has 1 aromatic carbocycles. The lowest BCUT2D eigenvalue weighted by molar-refractivity contribution is -0.131. The van der Waals surface area contributed by atoms with E-state index in [0.717, 1.165) is 5.56 Å². The summed E-state index contributed by atoms with van der Waals surface area (Å²) in [5, 5.41) is 2.64. The topological polar surface area (TPSA) is 79.4 Å². The molecule has 2 saturated heterocycles. The second-order valence-electron chi connectivity index (χ2n) is 7.54. The molecule has 0 saturated carbocycles. The Labute approximate surface area is 159 Å². The van der Waals surface area contributed by atoms with Gasteiger partial charge in [0, 0.05) is 19.8 Å². The average Bonchev–Trinajstić information content (AvgIpc) is 3.20. The Morgan fingerprint density at radius 3 is 2.59 bits per heavy atom. The minimum Gasteiger partial charge on any atom is -0.344 e. The van der Waals surface area contributed by atoms with Crippen LogP contribution in [0.1, 0.15) is 30.1 Å². The molecule has 1 aromatic heterocycles. The highest BCUT2D eigenvalue weighted by atomic mass is 32.2. The monoisotopic (exact) mass is 385 g/mol. The van der Waals surface area contributed by atoms with Crippen molar-refractivity contribution < 1.29 is 13.2 Å². The van der Waals surface area contributed by atoms with Gasteiger partial charge in [-0.1, -0.05) is 18.2 Å². The van der Waals surface area contributed by atoms with E-state index < -0.39 is 26.7 Å². The summed E-state index contributed by atoms with van der Waals surface area (Å²) in [6, 6.07) is 11.7. The van der Waals surface area contributed by atoms with E-state index in [1.165, 1.54) is 0 Å². The fraction of sp³-hybridized carbons (Fsp3) is 0.400. The van der Waals surface area contributed by atoms with Crippen molar-refractivity contribution in [3.05, 3.63) is 59.9 Å². The van der Waals surface area contributed by atoms with Crippen molar-refractivity contribution in [3.8, 4) is 0 Å². The summed E-state index contributed by atoms with van der Waals surface area (Å²) < 4.78 is 26.9. The molecule has 2 aliphatic heterocycles. The molecule has 0 bridgehead atoms. The smallest absolute Gasteiger partial charge is 0.242 e. The molecular weight excluding hydrogens is 362 g/mol. The number of likely N-dealkylation sites (tertiary alicyclic amines) is 1. The molecule has 1 amide bonds. The van der Waals surface area contributed by atoms with Crippen LogP contribution in [0.25, 0.3) is 0 Å². The van der Waals surface area contributed by atoms with Crippen LogP contribution in [0.2, 0.25) is 0 Å². The number of nitrogens with one attached hydrogen (secondary N) is 1. The van der Waals surface area contributed by atoms with E-state index in [2.05, 4.69) is 10.3 Å². The molecule has 3 atom stereocenters. The maximum Gasteiger partial charge on any atom is 0.242 e. The molecule has 3 heterocycles. The fourth-order valence-corrected chi connectivity index (χ4v) is 6.19. The van der Waals surface area contributed by atoms with E-state index in [1.807, 2.05) is 19.1 Å². The second-order valence-corrected chi connectivity index (χ2v) is 9.71. The number of nitrogens with zero attached hydrogens (tertiary/aromatic N) is 2. The normalized spacial score (nSPS) is 28.2. The summed E-state index contributed by atoms with van der Waals surface area (Å²) in [5.74, 6) is -0.0362. The van der Waals surface area contributed by atoms with Gasteiger partial charge >= 0.3 is 0 Å². The Morgan fingerprint density at radius 1 is 1.22 bits per heavy atom. The Hall–Kier alpha value is -2.25. The van der Waals surface area contributed by atoms with Gasteiger partial charge < -0.3 is 4.90 Å². The summed E-state index contributed by atoms with van der Waals surface area (Å²) in [5.41, 5.74) is 0.837. The molecule has 142 valence electrons. The number of carbonyl (C=O) groups excluding carboxylic acids is 1. The van der Waals surface area contributed by atoms with Gasteiger partial charge in [-0.3, -0.25) is 15.1 Å². The van der Waals surface area contributed by atoms with Crippen LogP contribution in [-0.4, -0.2) is 48.6 Å². The highest BCUT2D eigenvalue weighted by Crippen LogP contribution is 2.43. The summed E-state index contributed by atoms with van der Waals surface area (Å²) in [6.45, 7) is 2.57. The van der Waals surface area contributed by atoms with Gasteiger partial charge in [0.2, 0.25) is 5.91 Å². The molecule has 0 aliphatic carbocycles. The van der Waals surface area contributed by atoms with Crippen molar-refractivity contribution in [1.29, 1.82) is 0 Å². The zero-order chi connectivity index (χ0) is 19.2. The molecule has 3 unspecified atom stereocenters. The highest BCUT2D eigenvalue weighted by Gasteiger charge is 2.57. The number of carbonyl (C=O) groups is 1. The highest BCUT2D eigenvalue weighted by molar-refractivity contribution is 7.92. The number of aryl methyl sites for hydroxylation is 1. The Kier molecular flexibility index (Phi) is 4.31. The average molecular weight is 385 g/mol. The van der Waals surface area contributed by atoms with Crippen LogP contribution in [0.4, 0.5) is 0 Å². The molecule has 2 aliphatic rings. The van der Waals surface area contributed by atoms with Crippen molar-refractivity contribution in [2.24, 2.45) is 0 Å². The minimum absolute atomic E-state index is 0.0362. The third-order valence-corrected chi connectivity index (χ3v) is 7.87. The Morgan fingerprint density at radius 2 is 1.96 bits per heavy atom. The van der Waals surface area contributed by atoms with Crippen LogP contribution in [0, 0.1) is 6.92 Å². The second kappa shape index (κ2) is 6.42. The predicted molar refractivity (Wildman–Crippen MR) is 102 cm³/mol. The van der Waals surface area contributed by atoms with Crippen LogP contribution in [0.5, 0.6) is 0 Å². The van der Waals surface area contributed by atoms with Crippen molar-refractivity contribution in [2.75, 3.05) is 13.6 Å². The molecule has 2 fully saturated rings. The fourth-order valence-electron chi connectivity index (χ4n) is 4.23. The number of rotatable bonds is 3. The standard InChI is InChI=1S/C20H23N3O3S/c1-14-8-10-21-16(12-14)18-17(27(25,26)15-6-4-3-5-7-15)13-20(22-18)9-11-23(2)19(20)24/h3-8,10,12,17-18,22H,9,11,13H2,1-2H3. The van der Waals surface area contributed by atoms with Crippen molar-refractivity contribution in [3.63, 3.8) is 0 Å². The zero-order valence-electron chi connectivity index (χ0n) is 15.4. The number of aromatic nitrogens is 1. The van der Waals surface area contributed by atoms with Crippen LogP contribution < -0.4 is 5.32 Å². The van der Waals surface area contributed by atoms with Crippen molar-refractivity contribution >= 4 is 15.7 Å². The summed E-state index contributed by atoms with van der Waals surface area (Å²) in [7, 11) is -1.86. The summed E-state index contributed by atoms with van der Waals surface area (Å²) >= 11 is 0. The van der Waals surface area contributed by atoms with E-state index >= 15 is 0 Å². The van der Waals surface area contributed by atoms with E-state index in [0.29, 0.717) is 18.7 Å². The Balaban J connectivity index is 1.80. The third-order valence-electron chi connectivity index (χ3n) is 5.71. The largest absolute Gasteiger partial charge is 0.344 e. The number of likely N-dealkylation sites (N-methyl/N-ethyl adjacent to an activating group) is 1. The molecule has 1 spiro atoms. The molecule has 7 heteroatoms. The van der Waals surface area contributed by atoms with E-state index in [1.54, 1.807) is 48.5 Å². The van der Waals surface area contributed by atoms with Gasteiger partial charge in [0.25, 0.3) is 0 Å². The first-order valence-electron chi connectivity index (χ1n) is 9.08. The van der Waals surface area contributed by atoms with E-state index in [4.69, 9.17) is 0 Å². The number of hydrogen-bond acceptors (Lipinski definition) is 5. The molecular formula is C20H23N3O3S. The SMILES string of the molecule is Cc1ccnc(C2NC3(CCN(C)C3=O)CC2S(=O)(=O)c2ccccc2)c1. The van der Waals surface area contributed by atoms with Gasteiger partial charge in [-0.2, -0.15) is 0 Å². The lowest BCUT2D eigenvalue weighted by Crippen LogP contribution is -2.47. The number of sulfone groups is 1. The maximum absolute atomic E-state index is 13.4. The number of pyridine rings is 1. The number of hydrogen-bond donors (Lipinski definition) is 1. The van der Waals surface area contributed by atoms with Gasteiger partial charge in [0.05, 0.1) is 21.9 Å². The quantitative estimate of drug-likeness (QED) is 0.873. The number of amides is 1. The summed E-state index contributed by atoms with van der Waals surface area (Å²) in [6.07, 6.45) is 2.55. The number of benzene rings is 1. The molecule has 4 rings (SSSR count). The first-order chi connectivity index (χ1) is 12.8. The lowest BCUT2D eigenvalue weighted by Gasteiger charge is -2.23. The van der Waals surface area contributed by atoms with E-state index in [9.17, 15) is 13.2 Å². The van der Waals surface area contributed by atoms with Gasteiger partial charge in [-0.05, 0) is 49.6 Å². The Bertz CT molecular complexity index is 977. The molecule has 0 radical (unpaired) electrons. The van der Waals surface area contributed by atoms with Gasteiger partial charge in [0.1, 0.15) is 5.54 Å². The molecule has 6 nitrogen and oxygen atoms in total. The minimum atomic E-state index is -3.63. The predicted octanol–water partition coefficient (Wildman–Crippen LogP) is 1.87. The van der Waals surface area contributed by atoms with Crippen molar-refractivity contribution in [2.45, 2.75) is 41.5 Å². The van der Waals surface area contributed by atoms with Gasteiger partial charge in [-0.15, -0.1) is 0 Å². The van der Waals surface area contributed by atoms with Crippen LogP contribution in [-0.2, 0) is 14.6 Å².